The molecule has 0 fully saturated rings. The van der Waals surface area contributed by atoms with Gasteiger partial charge in [0.05, 0.1) is 24.4 Å². The number of rotatable bonds is 4. The van der Waals surface area contributed by atoms with E-state index < -0.39 is 0 Å². The van der Waals surface area contributed by atoms with Crippen molar-refractivity contribution in [1.82, 2.24) is 9.78 Å². The van der Waals surface area contributed by atoms with Crippen molar-refractivity contribution >= 4 is 21.9 Å². The average molecular weight is 337 g/mol. The zero-order valence-corrected chi connectivity index (χ0v) is 13.4. The first kappa shape index (κ1) is 14.8. The van der Waals surface area contributed by atoms with Gasteiger partial charge in [0.2, 0.25) is 0 Å². The second-order valence-electron chi connectivity index (χ2n) is 4.49. The fourth-order valence-electron chi connectivity index (χ4n) is 2.15. The number of aryl methyl sites for hydroxylation is 1. The summed E-state index contributed by atoms with van der Waals surface area (Å²) in [5, 5.41) is 4.53. The summed E-state index contributed by atoms with van der Waals surface area (Å²) in [7, 11) is 0. The van der Waals surface area contributed by atoms with E-state index in [0.717, 1.165) is 27.1 Å². The lowest BCUT2D eigenvalue weighted by molar-refractivity contribution is -0.142. The van der Waals surface area contributed by atoms with E-state index >= 15 is 0 Å². The molecule has 5 heteroatoms. The lowest BCUT2D eigenvalue weighted by Crippen LogP contribution is -2.09. The third kappa shape index (κ3) is 2.93. The van der Waals surface area contributed by atoms with Gasteiger partial charge in [-0.15, -0.1) is 0 Å². The van der Waals surface area contributed by atoms with Gasteiger partial charge in [-0.2, -0.15) is 5.10 Å². The zero-order chi connectivity index (χ0) is 14.7. The van der Waals surface area contributed by atoms with Gasteiger partial charge in [-0.3, -0.25) is 4.79 Å². The minimum atomic E-state index is -0.217. The molecule has 0 atom stereocenters. The number of halogens is 1. The molecule has 0 saturated heterocycles. The third-order valence-corrected chi connectivity index (χ3v) is 3.82. The van der Waals surface area contributed by atoms with Gasteiger partial charge in [0, 0.05) is 15.7 Å². The maximum atomic E-state index is 11.7. The standard InChI is InChI=1S/C15H17BrN2O2/c1-4-20-15(19)9-12-10(2)17-18(11(12)3)14-8-6-5-7-13(14)16/h5-8H,4,9H2,1-3H3. The molecule has 0 radical (unpaired) electrons. The van der Waals surface area contributed by atoms with Gasteiger partial charge in [0.15, 0.2) is 0 Å². The van der Waals surface area contributed by atoms with Gasteiger partial charge < -0.3 is 4.74 Å². The van der Waals surface area contributed by atoms with Crippen molar-refractivity contribution in [2.45, 2.75) is 27.2 Å². The van der Waals surface area contributed by atoms with E-state index in [0.29, 0.717) is 6.61 Å². The van der Waals surface area contributed by atoms with Crippen molar-refractivity contribution in [2.24, 2.45) is 0 Å². The van der Waals surface area contributed by atoms with Gasteiger partial charge in [-0.05, 0) is 48.8 Å². The summed E-state index contributed by atoms with van der Waals surface area (Å²) in [4.78, 5) is 11.7. The second kappa shape index (κ2) is 6.22. The Morgan fingerprint density at radius 3 is 2.70 bits per heavy atom. The van der Waals surface area contributed by atoms with Crippen molar-refractivity contribution in [3.8, 4) is 5.69 Å². The van der Waals surface area contributed by atoms with Gasteiger partial charge >= 0.3 is 5.97 Å². The normalized spacial score (nSPS) is 10.6. The smallest absolute Gasteiger partial charge is 0.310 e. The van der Waals surface area contributed by atoms with Gasteiger partial charge in [-0.1, -0.05) is 12.1 Å². The Morgan fingerprint density at radius 1 is 1.35 bits per heavy atom. The third-order valence-electron chi connectivity index (χ3n) is 3.15. The summed E-state index contributed by atoms with van der Waals surface area (Å²) < 4.78 is 7.83. The van der Waals surface area contributed by atoms with Gasteiger partial charge in [-0.25, -0.2) is 4.68 Å². The molecule has 1 aromatic heterocycles. The quantitative estimate of drug-likeness (QED) is 0.804. The molecule has 0 amide bonds. The number of nitrogens with zero attached hydrogens (tertiary/aromatic N) is 2. The van der Waals surface area contributed by atoms with Crippen molar-refractivity contribution in [2.75, 3.05) is 6.61 Å². The Morgan fingerprint density at radius 2 is 2.05 bits per heavy atom. The molecule has 0 bridgehead atoms. The molecular formula is C15H17BrN2O2. The molecule has 0 unspecified atom stereocenters. The number of carbonyl (C=O) groups is 1. The fraction of sp³-hybridized carbons (Fsp3) is 0.333. The molecule has 1 aromatic carbocycles. The molecular weight excluding hydrogens is 320 g/mol. The molecule has 0 N–H and O–H groups in total. The highest BCUT2D eigenvalue weighted by Gasteiger charge is 2.17. The largest absolute Gasteiger partial charge is 0.466 e. The number of para-hydroxylation sites is 1. The van der Waals surface area contributed by atoms with Crippen molar-refractivity contribution in [3.63, 3.8) is 0 Å². The minimum Gasteiger partial charge on any atom is -0.466 e. The van der Waals surface area contributed by atoms with Crippen LogP contribution in [0.25, 0.3) is 5.69 Å². The topological polar surface area (TPSA) is 44.1 Å². The van der Waals surface area contributed by atoms with E-state index in [2.05, 4.69) is 21.0 Å². The fourth-order valence-corrected chi connectivity index (χ4v) is 2.60. The predicted molar refractivity (Wildman–Crippen MR) is 81.1 cm³/mol. The maximum absolute atomic E-state index is 11.7. The summed E-state index contributed by atoms with van der Waals surface area (Å²) in [6, 6.07) is 7.87. The molecule has 1 heterocycles. The van der Waals surface area contributed by atoms with Crippen LogP contribution in [0.15, 0.2) is 28.7 Å². The van der Waals surface area contributed by atoms with E-state index in [1.807, 2.05) is 49.7 Å². The molecule has 0 saturated carbocycles. The van der Waals surface area contributed by atoms with Crippen LogP contribution in [0.5, 0.6) is 0 Å². The van der Waals surface area contributed by atoms with E-state index in [1.54, 1.807) is 0 Å². The Bertz CT molecular complexity index is 635. The van der Waals surface area contributed by atoms with Gasteiger partial charge in [0.1, 0.15) is 0 Å². The van der Waals surface area contributed by atoms with Crippen LogP contribution in [0.4, 0.5) is 0 Å². The molecule has 2 aromatic rings. The first-order valence-electron chi connectivity index (χ1n) is 6.50. The van der Waals surface area contributed by atoms with Crippen LogP contribution in [-0.4, -0.2) is 22.4 Å². The molecule has 0 spiro atoms. The number of hydrogen-bond donors (Lipinski definition) is 0. The van der Waals surface area contributed by atoms with Crippen molar-refractivity contribution in [3.05, 3.63) is 45.7 Å². The zero-order valence-electron chi connectivity index (χ0n) is 11.8. The number of esters is 1. The van der Waals surface area contributed by atoms with Crippen LogP contribution in [0.3, 0.4) is 0 Å². The monoisotopic (exact) mass is 336 g/mol. The predicted octanol–water partition coefficient (Wildman–Crippen LogP) is 3.36. The lowest BCUT2D eigenvalue weighted by atomic mass is 10.1. The summed E-state index contributed by atoms with van der Waals surface area (Å²) in [6.45, 7) is 6.08. The lowest BCUT2D eigenvalue weighted by Gasteiger charge is -2.07. The van der Waals surface area contributed by atoms with E-state index in [1.165, 1.54) is 0 Å². The Kier molecular flexibility index (Phi) is 4.60. The molecule has 2 rings (SSSR count). The molecule has 0 aliphatic rings. The highest BCUT2D eigenvalue weighted by molar-refractivity contribution is 9.10. The summed E-state index contributed by atoms with van der Waals surface area (Å²) >= 11 is 3.52. The number of ether oxygens (including phenoxy) is 1. The Labute approximate surface area is 126 Å². The van der Waals surface area contributed by atoms with E-state index in [9.17, 15) is 4.79 Å². The molecule has 20 heavy (non-hydrogen) atoms. The maximum Gasteiger partial charge on any atom is 0.310 e. The average Bonchev–Trinajstić information content (AvgIpc) is 2.68. The molecule has 0 aliphatic carbocycles. The van der Waals surface area contributed by atoms with E-state index in [4.69, 9.17) is 4.74 Å². The molecule has 106 valence electrons. The van der Waals surface area contributed by atoms with Crippen LogP contribution in [0.1, 0.15) is 23.9 Å². The highest BCUT2D eigenvalue weighted by Crippen LogP contribution is 2.24. The first-order valence-corrected chi connectivity index (χ1v) is 7.29. The number of carbonyl (C=O) groups excluding carboxylic acids is 1. The SMILES string of the molecule is CCOC(=O)Cc1c(C)nn(-c2ccccc2Br)c1C. The summed E-state index contributed by atoms with van der Waals surface area (Å²) in [5.41, 5.74) is 3.70. The highest BCUT2D eigenvalue weighted by atomic mass is 79.9. The second-order valence-corrected chi connectivity index (χ2v) is 5.35. The Hall–Kier alpha value is -1.62. The summed E-state index contributed by atoms with van der Waals surface area (Å²) in [5.74, 6) is -0.217. The van der Waals surface area contributed by atoms with Crippen LogP contribution in [0, 0.1) is 13.8 Å². The van der Waals surface area contributed by atoms with Crippen LogP contribution in [-0.2, 0) is 16.0 Å². The summed E-state index contributed by atoms with van der Waals surface area (Å²) in [6.07, 6.45) is 0.260. The molecule has 0 aliphatic heterocycles. The van der Waals surface area contributed by atoms with Crippen LogP contribution < -0.4 is 0 Å². The number of aromatic nitrogens is 2. The van der Waals surface area contributed by atoms with Crippen LogP contribution in [0.2, 0.25) is 0 Å². The van der Waals surface area contributed by atoms with Crippen molar-refractivity contribution in [1.29, 1.82) is 0 Å². The van der Waals surface area contributed by atoms with Gasteiger partial charge in [0.25, 0.3) is 0 Å². The Balaban J connectivity index is 2.39. The minimum absolute atomic E-state index is 0.217. The van der Waals surface area contributed by atoms with Crippen LogP contribution >= 0.6 is 15.9 Å². The number of benzene rings is 1. The first-order chi connectivity index (χ1) is 9.54. The number of hydrogen-bond acceptors (Lipinski definition) is 3. The van der Waals surface area contributed by atoms with E-state index in [-0.39, 0.29) is 12.4 Å². The molecule has 4 nitrogen and oxygen atoms in total. The van der Waals surface area contributed by atoms with Crippen molar-refractivity contribution < 1.29 is 9.53 Å².